The average molecular weight is 241 g/mol. The van der Waals surface area contributed by atoms with E-state index in [-0.39, 0.29) is 6.61 Å². The van der Waals surface area contributed by atoms with Crippen LogP contribution in [0.1, 0.15) is 15.9 Å². The summed E-state index contributed by atoms with van der Waals surface area (Å²) in [6.07, 6.45) is 0.668. The summed E-state index contributed by atoms with van der Waals surface area (Å²) in [4.78, 5) is 11.0. The maximum atomic E-state index is 11.0. The van der Waals surface area contributed by atoms with Gasteiger partial charge in [0.05, 0.1) is 0 Å². The minimum Gasteiger partial charge on any atom is -0.396 e. The van der Waals surface area contributed by atoms with E-state index in [2.05, 4.69) is 0 Å². The number of carbonyl (C=O) groups is 1. The summed E-state index contributed by atoms with van der Waals surface area (Å²) in [6, 6.07) is 15.2. The Hall–Kier alpha value is -2.13. The van der Waals surface area contributed by atoms with E-state index in [0.717, 1.165) is 16.7 Å². The van der Waals surface area contributed by atoms with E-state index in [4.69, 9.17) is 10.8 Å². The molecule has 18 heavy (non-hydrogen) atoms. The van der Waals surface area contributed by atoms with Crippen LogP contribution in [0.2, 0.25) is 0 Å². The van der Waals surface area contributed by atoms with Crippen LogP contribution in [0.15, 0.2) is 48.5 Å². The number of benzene rings is 2. The Morgan fingerprint density at radius 1 is 0.944 bits per heavy atom. The van der Waals surface area contributed by atoms with Gasteiger partial charge in [-0.3, -0.25) is 4.79 Å². The third-order valence-electron chi connectivity index (χ3n) is 2.86. The highest BCUT2D eigenvalue weighted by Gasteiger charge is 2.01. The quantitative estimate of drug-likeness (QED) is 0.859. The molecule has 3 nitrogen and oxygen atoms in total. The molecule has 0 saturated carbocycles. The van der Waals surface area contributed by atoms with Crippen molar-refractivity contribution in [3.63, 3.8) is 0 Å². The van der Waals surface area contributed by atoms with Gasteiger partial charge in [-0.05, 0) is 35.2 Å². The molecule has 0 fully saturated rings. The highest BCUT2D eigenvalue weighted by molar-refractivity contribution is 5.93. The summed E-state index contributed by atoms with van der Waals surface area (Å²) in [5.41, 5.74) is 8.92. The van der Waals surface area contributed by atoms with Gasteiger partial charge in [-0.2, -0.15) is 0 Å². The summed E-state index contributed by atoms with van der Waals surface area (Å²) in [7, 11) is 0. The van der Waals surface area contributed by atoms with Crippen molar-refractivity contribution in [2.75, 3.05) is 6.61 Å². The predicted octanol–water partition coefficient (Wildman–Crippen LogP) is 1.99. The maximum absolute atomic E-state index is 11.0. The highest BCUT2D eigenvalue weighted by atomic mass is 16.2. The Morgan fingerprint density at radius 3 is 1.89 bits per heavy atom. The second-order valence-electron chi connectivity index (χ2n) is 4.11. The standard InChI is InChI=1S/C15H15NO2/c16-15(18)14-7-5-13(6-8-14)12-3-1-11(2-4-12)9-10-17/h1-8,17H,9-10H2,(H2,16,18). The molecule has 1 amide bonds. The Morgan fingerprint density at radius 2 is 1.44 bits per heavy atom. The summed E-state index contributed by atoms with van der Waals surface area (Å²) < 4.78 is 0. The molecule has 3 N–H and O–H groups in total. The molecule has 0 spiro atoms. The Balaban J connectivity index is 2.23. The van der Waals surface area contributed by atoms with Crippen molar-refractivity contribution in [1.29, 1.82) is 0 Å². The van der Waals surface area contributed by atoms with Gasteiger partial charge < -0.3 is 10.8 Å². The predicted molar refractivity (Wildman–Crippen MR) is 71.2 cm³/mol. The lowest BCUT2D eigenvalue weighted by molar-refractivity contribution is 0.100. The molecule has 0 unspecified atom stereocenters. The van der Waals surface area contributed by atoms with Gasteiger partial charge in [0.25, 0.3) is 0 Å². The minimum absolute atomic E-state index is 0.159. The van der Waals surface area contributed by atoms with Gasteiger partial charge in [0, 0.05) is 12.2 Å². The van der Waals surface area contributed by atoms with Crippen LogP contribution in [0.5, 0.6) is 0 Å². The zero-order valence-corrected chi connectivity index (χ0v) is 9.97. The molecular formula is C15H15NO2. The summed E-state index contributed by atoms with van der Waals surface area (Å²) in [6.45, 7) is 0.159. The molecule has 0 aromatic heterocycles. The van der Waals surface area contributed by atoms with Crippen LogP contribution in [0.4, 0.5) is 0 Å². The molecule has 0 bridgehead atoms. The fraction of sp³-hybridized carbons (Fsp3) is 0.133. The molecule has 2 rings (SSSR count). The molecule has 0 atom stereocenters. The molecule has 2 aromatic rings. The largest absolute Gasteiger partial charge is 0.396 e. The number of aliphatic hydroxyl groups excluding tert-OH is 1. The van der Waals surface area contributed by atoms with Crippen molar-refractivity contribution in [2.24, 2.45) is 5.73 Å². The van der Waals surface area contributed by atoms with Gasteiger partial charge >= 0.3 is 0 Å². The Labute approximate surface area is 106 Å². The first-order chi connectivity index (χ1) is 8.70. The van der Waals surface area contributed by atoms with Crippen molar-refractivity contribution in [3.05, 3.63) is 59.7 Å². The zero-order valence-electron chi connectivity index (χ0n) is 9.97. The normalized spacial score (nSPS) is 10.3. The number of nitrogens with two attached hydrogens (primary N) is 1. The van der Waals surface area contributed by atoms with Crippen molar-refractivity contribution in [1.82, 2.24) is 0 Å². The molecular weight excluding hydrogens is 226 g/mol. The number of aliphatic hydroxyl groups is 1. The minimum atomic E-state index is -0.417. The van der Waals surface area contributed by atoms with E-state index in [1.807, 2.05) is 36.4 Å². The van der Waals surface area contributed by atoms with Crippen LogP contribution in [0, 0.1) is 0 Å². The Bertz CT molecular complexity index is 529. The lowest BCUT2D eigenvalue weighted by Gasteiger charge is -2.04. The molecule has 3 heteroatoms. The van der Waals surface area contributed by atoms with Gasteiger partial charge in [0.2, 0.25) is 5.91 Å². The van der Waals surface area contributed by atoms with E-state index in [0.29, 0.717) is 12.0 Å². The van der Waals surface area contributed by atoms with Gasteiger partial charge in [0.15, 0.2) is 0 Å². The van der Waals surface area contributed by atoms with Crippen molar-refractivity contribution in [2.45, 2.75) is 6.42 Å². The van der Waals surface area contributed by atoms with Gasteiger partial charge in [-0.1, -0.05) is 36.4 Å². The van der Waals surface area contributed by atoms with Crippen LogP contribution >= 0.6 is 0 Å². The van der Waals surface area contributed by atoms with E-state index in [1.54, 1.807) is 12.1 Å². The highest BCUT2D eigenvalue weighted by Crippen LogP contribution is 2.20. The SMILES string of the molecule is NC(=O)c1ccc(-c2ccc(CCO)cc2)cc1. The summed E-state index contributed by atoms with van der Waals surface area (Å²) in [5.74, 6) is -0.417. The zero-order chi connectivity index (χ0) is 13.0. The van der Waals surface area contributed by atoms with Crippen LogP contribution in [0.3, 0.4) is 0 Å². The number of primary amides is 1. The molecule has 92 valence electrons. The molecule has 0 aliphatic rings. The molecule has 0 heterocycles. The third-order valence-corrected chi connectivity index (χ3v) is 2.86. The number of amides is 1. The molecule has 0 aliphatic carbocycles. The fourth-order valence-electron chi connectivity index (χ4n) is 1.82. The third kappa shape index (κ3) is 2.76. The van der Waals surface area contributed by atoms with E-state index in [9.17, 15) is 4.79 Å². The molecule has 0 aliphatic heterocycles. The first kappa shape index (κ1) is 12.3. The smallest absolute Gasteiger partial charge is 0.248 e. The first-order valence-corrected chi connectivity index (χ1v) is 5.81. The van der Waals surface area contributed by atoms with Gasteiger partial charge in [0.1, 0.15) is 0 Å². The van der Waals surface area contributed by atoms with Crippen LogP contribution < -0.4 is 5.73 Å². The van der Waals surface area contributed by atoms with Gasteiger partial charge in [-0.15, -0.1) is 0 Å². The summed E-state index contributed by atoms with van der Waals surface area (Å²) >= 11 is 0. The monoisotopic (exact) mass is 241 g/mol. The number of carbonyl (C=O) groups excluding carboxylic acids is 1. The fourth-order valence-corrected chi connectivity index (χ4v) is 1.82. The second kappa shape index (κ2) is 5.47. The topological polar surface area (TPSA) is 63.3 Å². The average Bonchev–Trinajstić information content (AvgIpc) is 2.40. The van der Waals surface area contributed by atoms with Crippen molar-refractivity contribution >= 4 is 5.91 Å². The summed E-state index contributed by atoms with van der Waals surface area (Å²) in [5, 5.41) is 8.84. The number of hydrogen-bond acceptors (Lipinski definition) is 2. The van der Waals surface area contributed by atoms with Gasteiger partial charge in [-0.25, -0.2) is 0 Å². The van der Waals surface area contributed by atoms with E-state index in [1.165, 1.54) is 0 Å². The number of hydrogen-bond donors (Lipinski definition) is 2. The van der Waals surface area contributed by atoms with Crippen LogP contribution in [0.25, 0.3) is 11.1 Å². The Kier molecular flexibility index (Phi) is 3.75. The molecule has 0 radical (unpaired) electrons. The van der Waals surface area contributed by atoms with E-state index >= 15 is 0 Å². The van der Waals surface area contributed by atoms with Crippen molar-refractivity contribution in [3.8, 4) is 11.1 Å². The second-order valence-corrected chi connectivity index (χ2v) is 4.11. The first-order valence-electron chi connectivity index (χ1n) is 5.81. The molecule has 2 aromatic carbocycles. The molecule has 0 saturated heterocycles. The lowest BCUT2D eigenvalue weighted by atomic mass is 10.0. The van der Waals surface area contributed by atoms with Crippen LogP contribution in [-0.4, -0.2) is 17.6 Å². The van der Waals surface area contributed by atoms with Crippen LogP contribution in [-0.2, 0) is 6.42 Å². The lowest BCUT2D eigenvalue weighted by Crippen LogP contribution is -2.10. The van der Waals surface area contributed by atoms with E-state index < -0.39 is 5.91 Å². The number of rotatable bonds is 4. The maximum Gasteiger partial charge on any atom is 0.248 e. The van der Waals surface area contributed by atoms with Crippen molar-refractivity contribution < 1.29 is 9.90 Å².